The molecule has 170 valence electrons. The zero-order chi connectivity index (χ0) is 23.0. The van der Waals surface area contributed by atoms with Crippen molar-refractivity contribution in [3.8, 4) is 0 Å². The van der Waals surface area contributed by atoms with Gasteiger partial charge >= 0.3 is 0 Å². The number of amides is 1. The number of hydrogen-bond donors (Lipinski definition) is 4. The number of benzene rings is 2. The van der Waals surface area contributed by atoms with Gasteiger partial charge in [-0.3, -0.25) is 4.79 Å². The molecule has 0 unspecified atom stereocenters. The minimum absolute atomic E-state index is 0.124. The maximum Gasteiger partial charge on any atom is 0.241 e. The number of hydrazone groups is 1. The normalized spacial score (nSPS) is 16.1. The number of nitrogens with one attached hydrogen (secondary N) is 3. The van der Waals surface area contributed by atoms with Crippen LogP contribution in [-0.2, 0) is 14.8 Å². The lowest BCUT2D eigenvalue weighted by molar-refractivity contribution is -0.122. The van der Waals surface area contributed by atoms with Gasteiger partial charge in [0.15, 0.2) is 0 Å². The number of hydrogen-bond acceptors (Lipinski definition) is 6. The predicted molar refractivity (Wildman–Crippen MR) is 127 cm³/mol. The Morgan fingerprint density at radius 2 is 1.94 bits per heavy atom. The first-order valence-corrected chi connectivity index (χ1v) is 12.1. The molecule has 0 aromatic heterocycles. The van der Waals surface area contributed by atoms with Crippen LogP contribution in [0.2, 0.25) is 0 Å². The van der Waals surface area contributed by atoms with Gasteiger partial charge in [-0.1, -0.05) is 55.8 Å². The molecule has 0 bridgehead atoms. The minimum Gasteiger partial charge on any atom is -0.355 e. The van der Waals surface area contributed by atoms with Crippen LogP contribution >= 0.6 is 0 Å². The fraction of sp³-hybridized carbons (Fsp3) is 0.304. The zero-order valence-electron chi connectivity index (χ0n) is 18.0. The van der Waals surface area contributed by atoms with Crippen LogP contribution < -0.4 is 21.4 Å². The zero-order valence-corrected chi connectivity index (χ0v) is 18.9. The summed E-state index contributed by atoms with van der Waals surface area (Å²) in [6.45, 7) is 2.52. The molecule has 0 saturated carbocycles. The SMILES string of the molecule is CCCCNC(=O)[C@H](CC1=CCC(=NNN)C=C1)NS(=O)(=O)c1ccc2ccccc2c1. The van der Waals surface area contributed by atoms with Crippen molar-refractivity contribution in [3.63, 3.8) is 0 Å². The summed E-state index contributed by atoms with van der Waals surface area (Å²) in [6, 6.07) is 11.5. The second-order valence-electron chi connectivity index (χ2n) is 7.58. The van der Waals surface area contributed by atoms with Gasteiger partial charge in [-0.05, 0) is 47.4 Å². The maximum absolute atomic E-state index is 13.1. The summed E-state index contributed by atoms with van der Waals surface area (Å²) in [7, 11) is -3.91. The molecule has 1 aliphatic rings. The van der Waals surface area contributed by atoms with E-state index in [9.17, 15) is 13.2 Å². The van der Waals surface area contributed by atoms with Crippen LogP contribution in [0.4, 0.5) is 0 Å². The molecule has 0 spiro atoms. The highest BCUT2D eigenvalue weighted by Crippen LogP contribution is 2.21. The Morgan fingerprint density at radius 1 is 1.16 bits per heavy atom. The van der Waals surface area contributed by atoms with E-state index < -0.39 is 16.1 Å². The van der Waals surface area contributed by atoms with Gasteiger partial charge in [-0.15, -0.1) is 0 Å². The number of nitrogens with zero attached hydrogens (tertiary/aromatic N) is 1. The molecule has 0 radical (unpaired) electrons. The van der Waals surface area contributed by atoms with Crippen molar-refractivity contribution in [2.45, 2.75) is 43.5 Å². The lowest BCUT2D eigenvalue weighted by Gasteiger charge is -2.20. The van der Waals surface area contributed by atoms with Crippen LogP contribution in [0.25, 0.3) is 10.8 Å². The van der Waals surface area contributed by atoms with E-state index in [-0.39, 0.29) is 17.2 Å². The number of fused-ring (bicyclic) bond motifs is 1. The molecule has 8 nitrogen and oxygen atoms in total. The molecule has 9 heteroatoms. The van der Waals surface area contributed by atoms with Crippen molar-refractivity contribution in [2.75, 3.05) is 6.54 Å². The van der Waals surface area contributed by atoms with Crippen LogP contribution in [-0.4, -0.2) is 32.6 Å². The summed E-state index contributed by atoms with van der Waals surface area (Å²) < 4.78 is 28.9. The van der Waals surface area contributed by atoms with Gasteiger partial charge in [0, 0.05) is 13.0 Å². The second kappa shape index (κ2) is 11.0. The molecule has 32 heavy (non-hydrogen) atoms. The van der Waals surface area contributed by atoms with E-state index >= 15 is 0 Å². The number of hydrazine groups is 1. The van der Waals surface area contributed by atoms with Crippen LogP contribution in [0.5, 0.6) is 0 Å². The van der Waals surface area contributed by atoms with E-state index in [0.29, 0.717) is 13.0 Å². The third kappa shape index (κ3) is 6.25. The molecule has 2 aromatic carbocycles. The quantitative estimate of drug-likeness (QED) is 0.249. The van der Waals surface area contributed by atoms with E-state index in [1.54, 1.807) is 24.3 Å². The summed E-state index contributed by atoms with van der Waals surface area (Å²) in [4.78, 5) is 13.0. The summed E-state index contributed by atoms with van der Waals surface area (Å²) in [5.74, 6) is 4.86. The summed E-state index contributed by atoms with van der Waals surface area (Å²) in [6.07, 6.45) is 8.04. The van der Waals surface area contributed by atoms with Crippen LogP contribution in [0.3, 0.4) is 0 Å². The Labute approximate surface area is 188 Å². The average Bonchev–Trinajstić information content (AvgIpc) is 2.79. The van der Waals surface area contributed by atoms with E-state index in [2.05, 4.69) is 20.7 Å². The number of carbonyl (C=O) groups is 1. The number of unbranched alkanes of at least 4 members (excludes halogenated alkanes) is 1. The van der Waals surface area contributed by atoms with Crippen LogP contribution in [0.15, 0.2) is 76.3 Å². The molecule has 2 aromatic rings. The van der Waals surface area contributed by atoms with Gasteiger partial charge in [0.05, 0.1) is 10.6 Å². The largest absolute Gasteiger partial charge is 0.355 e. The predicted octanol–water partition coefficient (Wildman–Crippen LogP) is 2.50. The first kappa shape index (κ1) is 23.6. The minimum atomic E-state index is -3.91. The fourth-order valence-electron chi connectivity index (χ4n) is 3.42. The standard InChI is InChI=1S/C23H29N5O3S/c1-2-3-14-25-23(29)22(15-17-8-11-20(12-9-17)26-28-24)27-32(30,31)21-13-10-18-6-4-5-7-19(18)16-21/h4-11,13,16,22,27-28H,2-3,12,14-15,24H2,1H3,(H,25,29)/t22-/m0/s1. The first-order valence-electron chi connectivity index (χ1n) is 10.6. The maximum atomic E-state index is 13.1. The van der Waals surface area contributed by atoms with Gasteiger partial charge < -0.3 is 5.32 Å². The van der Waals surface area contributed by atoms with Gasteiger partial charge in [-0.25, -0.2) is 19.8 Å². The molecule has 5 N–H and O–H groups in total. The van der Waals surface area contributed by atoms with Crippen LogP contribution in [0, 0.1) is 0 Å². The highest BCUT2D eigenvalue weighted by molar-refractivity contribution is 7.89. The monoisotopic (exact) mass is 455 g/mol. The Morgan fingerprint density at radius 3 is 2.62 bits per heavy atom. The number of rotatable bonds is 10. The molecule has 1 aliphatic carbocycles. The average molecular weight is 456 g/mol. The number of carbonyl (C=O) groups excluding carboxylic acids is 1. The second-order valence-corrected chi connectivity index (χ2v) is 9.29. The van der Waals surface area contributed by atoms with Gasteiger partial charge in [0.1, 0.15) is 6.04 Å². The van der Waals surface area contributed by atoms with Crippen molar-refractivity contribution in [2.24, 2.45) is 10.9 Å². The van der Waals surface area contributed by atoms with Gasteiger partial charge in [0.2, 0.25) is 15.9 Å². The molecular weight excluding hydrogens is 426 g/mol. The Kier molecular flexibility index (Phi) is 8.15. The first-order chi connectivity index (χ1) is 15.4. The third-order valence-electron chi connectivity index (χ3n) is 5.19. The summed E-state index contributed by atoms with van der Waals surface area (Å²) in [5.41, 5.74) is 3.85. The molecular formula is C23H29N5O3S. The highest BCUT2D eigenvalue weighted by Gasteiger charge is 2.26. The molecule has 0 aliphatic heterocycles. The van der Waals surface area contributed by atoms with E-state index in [4.69, 9.17) is 5.84 Å². The van der Waals surface area contributed by atoms with Crippen molar-refractivity contribution in [1.82, 2.24) is 15.6 Å². The van der Waals surface area contributed by atoms with E-state index in [1.807, 2.05) is 43.3 Å². The third-order valence-corrected chi connectivity index (χ3v) is 6.66. The number of sulfonamides is 1. The molecule has 0 fully saturated rings. The molecule has 1 amide bonds. The Hall–Kier alpha value is -3.01. The Balaban J connectivity index is 1.81. The summed E-state index contributed by atoms with van der Waals surface area (Å²) in [5, 5.41) is 8.53. The summed E-state index contributed by atoms with van der Waals surface area (Å²) >= 11 is 0. The van der Waals surface area contributed by atoms with Crippen LogP contribution in [0.1, 0.15) is 32.6 Å². The van der Waals surface area contributed by atoms with Crippen molar-refractivity contribution >= 4 is 32.4 Å². The molecule has 0 saturated heterocycles. The van der Waals surface area contributed by atoms with Crippen molar-refractivity contribution < 1.29 is 13.2 Å². The molecule has 3 rings (SSSR count). The number of nitrogens with two attached hydrogens (primary N) is 1. The van der Waals surface area contributed by atoms with E-state index in [1.165, 1.54) is 0 Å². The molecule has 1 atom stereocenters. The number of allylic oxidation sites excluding steroid dienone is 3. The van der Waals surface area contributed by atoms with E-state index in [0.717, 1.165) is 34.9 Å². The molecule has 0 heterocycles. The Bertz CT molecular complexity index is 1160. The lowest BCUT2D eigenvalue weighted by atomic mass is 9.99. The van der Waals surface area contributed by atoms with Crippen molar-refractivity contribution in [3.05, 3.63) is 66.3 Å². The van der Waals surface area contributed by atoms with Gasteiger partial charge in [-0.2, -0.15) is 9.82 Å². The smallest absolute Gasteiger partial charge is 0.241 e. The topological polar surface area (TPSA) is 126 Å². The van der Waals surface area contributed by atoms with Crippen molar-refractivity contribution in [1.29, 1.82) is 0 Å². The lowest BCUT2D eigenvalue weighted by Crippen LogP contribution is -2.47. The highest BCUT2D eigenvalue weighted by atomic mass is 32.2. The fourth-order valence-corrected chi connectivity index (χ4v) is 4.65. The van der Waals surface area contributed by atoms with Gasteiger partial charge in [0.25, 0.3) is 0 Å².